The van der Waals surface area contributed by atoms with Crippen molar-refractivity contribution in [3.8, 4) is 0 Å². The van der Waals surface area contributed by atoms with Gasteiger partial charge in [0.05, 0.1) is 10.7 Å². The molecule has 0 amide bonds. The molecule has 2 rings (SSSR count). The summed E-state index contributed by atoms with van der Waals surface area (Å²) in [5.41, 5.74) is 2.45. The lowest BCUT2D eigenvalue weighted by Gasteiger charge is -2.25. The second-order valence-electron chi connectivity index (χ2n) is 4.75. The normalized spacial score (nSPS) is 19.9. The Hall–Kier alpha value is -0.730. The quantitative estimate of drug-likeness (QED) is 0.883. The molecule has 0 aliphatic carbocycles. The van der Waals surface area contributed by atoms with Gasteiger partial charge < -0.3 is 10.2 Å². The molecule has 17 heavy (non-hydrogen) atoms. The first-order valence-corrected chi connectivity index (χ1v) is 6.86. The topological polar surface area (TPSA) is 15.3 Å². The van der Waals surface area contributed by atoms with Crippen molar-refractivity contribution >= 4 is 17.3 Å². The molecule has 3 heteroatoms. The van der Waals surface area contributed by atoms with Crippen LogP contribution in [0.1, 0.15) is 32.3 Å². The van der Waals surface area contributed by atoms with Gasteiger partial charge in [0, 0.05) is 19.1 Å². The zero-order valence-corrected chi connectivity index (χ0v) is 11.4. The predicted octanol–water partition coefficient (Wildman–Crippen LogP) is 3.44. The van der Waals surface area contributed by atoms with Crippen molar-refractivity contribution in [2.45, 2.75) is 39.3 Å². The van der Waals surface area contributed by atoms with Crippen molar-refractivity contribution in [2.75, 3.05) is 18.0 Å². The van der Waals surface area contributed by atoms with E-state index in [1.54, 1.807) is 0 Å². The van der Waals surface area contributed by atoms with Crippen LogP contribution in [0, 0.1) is 0 Å². The van der Waals surface area contributed by atoms with E-state index < -0.39 is 0 Å². The molecular formula is C14H21ClN2. The summed E-state index contributed by atoms with van der Waals surface area (Å²) >= 11 is 6.38. The van der Waals surface area contributed by atoms with Gasteiger partial charge in [-0.3, -0.25) is 0 Å². The van der Waals surface area contributed by atoms with Gasteiger partial charge in [0.25, 0.3) is 0 Å². The van der Waals surface area contributed by atoms with Crippen molar-refractivity contribution < 1.29 is 0 Å². The minimum absolute atomic E-state index is 0.618. The summed E-state index contributed by atoms with van der Waals surface area (Å²) in [6.45, 7) is 7.40. The van der Waals surface area contributed by atoms with Crippen LogP contribution in [0.3, 0.4) is 0 Å². The molecule has 1 heterocycles. The van der Waals surface area contributed by atoms with Crippen LogP contribution in [0.25, 0.3) is 0 Å². The van der Waals surface area contributed by atoms with Crippen LogP contribution >= 0.6 is 11.6 Å². The first-order valence-electron chi connectivity index (χ1n) is 6.48. The highest BCUT2D eigenvalue weighted by molar-refractivity contribution is 6.33. The Morgan fingerprint density at radius 1 is 1.47 bits per heavy atom. The van der Waals surface area contributed by atoms with E-state index in [1.807, 2.05) is 0 Å². The fourth-order valence-electron chi connectivity index (χ4n) is 2.45. The second kappa shape index (κ2) is 5.74. The third-order valence-corrected chi connectivity index (χ3v) is 3.76. The molecule has 1 atom stereocenters. The van der Waals surface area contributed by atoms with Crippen LogP contribution in [0.4, 0.5) is 5.69 Å². The molecule has 0 radical (unpaired) electrons. The highest BCUT2D eigenvalue weighted by Crippen LogP contribution is 2.32. The van der Waals surface area contributed by atoms with Crippen LogP contribution in [-0.4, -0.2) is 19.1 Å². The molecule has 1 saturated heterocycles. The summed E-state index contributed by atoms with van der Waals surface area (Å²) in [5, 5.41) is 4.20. The van der Waals surface area contributed by atoms with Gasteiger partial charge in [0.15, 0.2) is 0 Å². The maximum absolute atomic E-state index is 6.38. The molecule has 0 saturated carbocycles. The zero-order valence-electron chi connectivity index (χ0n) is 10.7. The van der Waals surface area contributed by atoms with Crippen molar-refractivity contribution in [3.05, 3.63) is 28.8 Å². The molecule has 1 fully saturated rings. The van der Waals surface area contributed by atoms with Gasteiger partial charge in [-0.25, -0.2) is 0 Å². The summed E-state index contributed by atoms with van der Waals surface area (Å²) in [6.07, 6.45) is 2.55. The molecule has 1 aromatic carbocycles. The Labute approximate surface area is 109 Å². The number of benzene rings is 1. The van der Waals surface area contributed by atoms with Crippen LogP contribution in [0.5, 0.6) is 0 Å². The second-order valence-corrected chi connectivity index (χ2v) is 5.16. The number of rotatable bonds is 4. The SMILES string of the molecule is CCNCc1ccc(N2CCCC2C)c(Cl)c1. The molecule has 1 aromatic rings. The molecular weight excluding hydrogens is 232 g/mol. The average molecular weight is 253 g/mol. The van der Waals surface area contributed by atoms with E-state index >= 15 is 0 Å². The Morgan fingerprint density at radius 2 is 2.29 bits per heavy atom. The van der Waals surface area contributed by atoms with Gasteiger partial charge in [-0.2, -0.15) is 0 Å². The van der Waals surface area contributed by atoms with Crippen molar-refractivity contribution in [1.82, 2.24) is 5.32 Å². The smallest absolute Gasteiger partial charge is 0.0642 e. The molecule has 1 aliphatic rings. The van der Waals surface area contributed by atoms with E-state index in [0.717, 1.165) is 24.7 Å². The molecule has 94 valence electrons. The van der Waals surface area contributed by atoms with Crippen molar-refractivity contribution in [2.24, 2.45) is 0 Å². The Balaban J connectivity index is 2.13. The molecule has 1 aliphatic heterocycles. The van der Waals surface area contributed by atoms with E-state index in [1.165, 1.54) is 24.1 Å². The predicted molar refractivity (Wildman–Crippen MR) is 74.9 cm³/mol. The first kappa shape index (κ1) is 12.7. The fraction of sp³-hybridized carbons (Fsp3) is 0.571. The minimum Gasteiger partial charge on any atom is -0.368 e. The van der Waals surface area contributed by atoms with Crippen LogP contribution in [0.2, 0.25) is 5.02 Å². The Kier molecular flexibility index (Phi) is 4.30. The molecule has 1 unspecified atom stereocenters. The van der Waals surface area contributed by atoms with E-state index in [4.69, 9.17) is 11.6 Å². The first-order chi connectivity index (χ1) is 8.22. The van der Waals surface area contributed by atoms with Crippen molar-refractivity contribution in [3.63, 3.8) is 0 Å². The average Bonchev–Trinajstić information content (AvgIpc) is 2.73. The van der Waals surface area contributed by atoms with Gasteiger partial charge in [-0.05, 0) is 44.0 Å². The lowest BCUT2D eigenvalue weighted by Crippen LogP contribution is -2.26. The third-order valence-electron chi connectivity index (χ3n) is 3.45. The number of nitrogens with zero attached hydrogens (tertiary/aromatic N) is 1. The molecule has 1 N–H and O–H groups in total. The van der Waals surface area contributed by atoms with Gasteiger partial charge in [-0.15, -0.1) is 0 Å². The van der Waals surface area contributed by atoms with Gasteiger partial charge in [-0.1, -0.05) is 24.6 Å². The van der Waals surface area contributed by atoms with Gasteiger partial charge >= 0.3 is 0 Å². The standard InChI is InChI=1S/C14H21ClN2/c1-3-16-10-12-6-7-14(13(15)9-12)17-8-4-5-11(17)2/h6-7,9,11,16H,3-5,8,10H2,1-2H3. The largest absolute Gasteiger partial charge is 0.368 e. The molecule has 0 bridgehead atoms. The summed E-state index contributed by atoms with van der Waals surface area (Å²) < 4.78 is 0. The number of anilines is 1. The molecule has 2 nitrogen and oxygen atoms in total. The lowest BCUT2D eigenvalue weighted by molar-refractivity contribution is 0.724. The van der Waals surface area contributed by atoms with E-state index in [2.05, 4.69) is 42.3 Å². The fourth-order valence-corrected chi connectivity index (χ4v) is 2.77. The maximum atomic E-state index is 6.38. The molecule has 0 aromatic heterocycles. The number of nitrogens with one attached hydrogen (secondary N) is 1. The van der Waals surface area contributed by atoms with Crippen LogP contribution < -0.4 is 10.2 Å². The minimum atomic E-state index is 0.618. The number of hydrogen-bond donors (Lipinski definition) is 1. The van der Waals surface area contributed by atoms with Crippen molar-refractivity contribution in [1.29, 1.82) is 0 Å². The summed E-state index contributed by atoms with van der Waals surface area (Å²) in [5.74, 6) is 0. The highest BCUT2D eigenvalue weighted by atomic mass is 35.5. The van der Waals surface area contributed by atoms with Crippen LogP contribution in [-0.2, 0) is 6.54 Å². The summed E-state index contributed by atoms with van der Waals surface area (Å²) in [7, 11) is 0. The third kappa shape index (κ3) is 2.93. The zero-order chi connectivity index (χ0) is 12.3. The van der Waals surface area contributed by atoms with Gasteiger partial charge in [0.1, 0.15) is 0 Å². The van der Waals surface area contributed by atoms with E-state index in [-0.39, 0.29) is 0 Å². The van der Waals surface area contributed by atoms with Crippen LogP contribution in [0.15, 0.2) is 18.2 Å². The summed E-state index contributed by atoms with van der Waals surface area (Å²) in [4.78, 5) is 2.42. The number of hydrogen-bond acceptors (Lipinski definition) is 2. The maximum Gasteiger partial charge on any atom is 0.0642 e. The highest BCUT2D eigenvalue weighted by Gasteiger charge is 2.22. The van der Waals surface area contributed by atoms with E-state index in [0.29, 0.717) is 6.04 Å². The van der Waals surface area contributed by atoms with Gasteiger partial charge in [0.2, 0.25) is 0 Å². The monoisotopic (exact) mass is 252 g/mol. The number of halogens is 1. The summed E-state index contributed by atoms with van der Waals surface area (Å²) in [6, 6.07) is 7.04. The lowest BCUT2D eigenvalue weighted by atomic mass is 10.1. The van der Waals surface area contributed by atoms with E-state index in [9.17, 15) is 0 Å². The Bertz CT molecular complexity index is 378. The Morgan fingerprint density at radius 3 is 2.88 bits per heavy atom. The molecule has 0 spiro atoms.